The molecule has 0 saturated carbocycles. The van der Waals surface area contributed by atoms with Gasteiger partial charge < -0.3 is 9.47 Å². The third-order valence-electron chi connectivity index (χ3n) is 2.99. The number of carbonyl (C=O) groups excluding carboxylic acids is 2. The molecule has 0 unspecified atom stereocenters. The second kappa shape index (κ2) is 9.95. The van der Waals surface area contributed by atoms with Crippen LogP contribution < -0.4 is 0 Å². The number of carbonyl (C=O) groups is 2. The van der Waals surface area contributed by atoms with Crippen molar-refractivity contribution in [1.82, 2.24) is 0 Å². The molecule has 1 aromatic carbocycles. The fourth-order valence-electron chi connectivity index (χ4n) is 1.76. The van der Waals surface area contributed by atoms with Gasteiger partial charge in [-0.05, 0) is 29.0 Å². The first kappa shape index (κ1) is 26.7. The van der Waals surface area contributed by atoms with E-state index in [1.807, 2.05) is 41.5 Å². The van der Waals surface area contributed by atoms with Gasteiger partial charge in [0.05, 0.1) is 24.3 Å². The van der Waals surface area contributed by atoms with Crippen LogP contribution in [0.1, 0.15) is 62.3 Å². The zero-order chi connectivity index (χ0) is 20.3. The Bertz CT molecular complexity index is 787. The molecule has 0 aliphatic carbocycles. The van der Waals surface area contributed by atoms with E-state index in [1.54, 1.807) is 0 Å². The minimum atomic E-state index is -4.74. The zero-order valence-electron chi connectivity index (χ0n) is 16.0. The van der Waals surface area contributed by atoms with Crippen LogP contribution in [0.25, 0.3) is 0 Å². The maximum absolute atomic E-state index is 12.2. The first-order valence-corrected chi connectivity index (χ1v) is 9.50. The van der Waals surface area contributed by atoms with Crippen molar-refractivity contribution >= 4 is 73.4 Å². The Morgan fingerprint density at radius 1 is 0.926 bits per heavy atom. The Hall–Kier alpha value is -0.294. The fourth-order valence-corrected chi connectivity index (χ4v) is 2.46. The van der Waals surface area contributed by atoms with Crippen molar-refractivity contribution in [2.75, 3.05) is 13.2 Å². The summed E-state index contributed by atoms with van der Waals surface area (Å²) in [7, 11) is -4.74. The van der Waals surface area contributed by atoms with Crippen molar-refractivity contribution < 1.29 is 32.0 Å². The van der Waals surface area contributed by atoms with Gasteiger partial charge in [-0.3, -0.25) is 4.55 Å². The quantitative estimate of drug-likeness (QED) is 0.438. The van der Waals surface area contributed by atoms with Gasteiger partial charge in [-0.1, -0.05) is 41.5 Å². The number of benzene rings is 1. The van der Waals surface area contributed by atoms with Crippen LogP contribution in [-0.4, -0.2) is 89.5 Å². The van der Waals surface area contributed by atoms with E-state index in [0.717, 1.165) is 12.1 Å². The van der Waals surface area contributed by atoms with E-state index in [4.69, 9.17) is 9.47 Å². The predicted molar refractivity (Wildman–Crippen MR) is 103 cm³/mol. The van der Waals surface area contributed by atoms with Crippen LogP contribution in [0.5, 0.6) is 0 Å². The molecule has 0 amide bonds. The van der Waals surface area contributed by atoms with Gasteiger partial charge in [-0.25, -0.2) is 9.59 Å². The second-order valence-corrected chi connectivity index (χ2v) is 9.85. The second-order valence-electron chi connectivity index (χ2n) is 8.46. The normalized spacial score (nSPS) is 12.1. The molecule has 0 aliphatic rings. The van der Waals surface area contributed by atoms with Crippen LogP contribution in [0.3, 0.4) is 0 Å². The third-order valence-corrected chi connectivity index (χ3v) is 3.88. The molecule has 0 atom stereocenters. The molecule has 27 heavy (non-hydrogen) atoms. The molecule has 0 fully saturated rings. The van der Waals surface area contributed by atoms with E-state index in [-0.39, 0.29) is 86.6 Å². The molecule has 0 bridgehead atoms. The molecular weight excluding hydrogens is 399 g/mol. The van der Waals surface area contributed by atoms with Crippen molar-refractivity contribution in [3.05, 3.63) is 29.3 Å². The number of ether oxygens (including phenoxy) is 2. The van der Waals surface area contributed by atoms with Crippen molar-refractivity contribution in [2.45, 2.75) is 46.4 Å². The molecule has 0 aromatic heterocycles. The monoisotopic (exact) mass is 426 g/mol. The van der Waals surface area contributed by atoms with Gasteiger partial charge in [-0.2, -0.15) is 8.42 Å². The number of esters is 2. The Balaban J connectivity index is 0.00000676. The summed E-state index contributed by atoms with van der Waals surface area (Å²) in [5, 5.41) is 0. The number of hydrogen-bond donors (Lipinski definition) is 1. The van der Waals surface area contributed by atoms with E-state index < -0.39 is 27.0 Å². The van der Waals surface area contributed by atoms with Crippen molar-refractivity contribution in [1.29, 1.82) is 0 Å². The SMILES string of the molecule is CC(C)(C)COC(=O)c1ccc(C(=O)OCC(C)(C)C)c(S(=O)(=O)O)c1.[KH]. The van der Waals surface area contributed by atoms with Gasteiger partial charge in [0, 0.05) is 0 Å². The summed E-state index contributed by atoms with van der Waals surface area (Å²) in [4.78, 5) is 23.6. The molecule has 1 N–H and O–H groups in total. The Labute approximate surface area is 203 Å². The standard InChI is InChI=1S/C18H26O7S.K.H/c1-17(2,3)10-24-15(19)12-7-8-13(14(9-12)26(21,22)23)16(20)25-11-18(4,5)6;;/h7-9H,10-11H2,1-6H3,(H,21,22,23);;. The van der Waals surface area contributed by atoms with Crippen LogP contribution in [0, 0.1) is 10.8 Å². The summed E-state index contributed by atoms with van der Waals surface area (Å²) >= 11 is 0. The van der Waals surface area contributed by atoms with Crippen molar-refractivity contribution in [2.24, 2.45) is 10.8 Å². The van der Waals surface area contributed by atoms with Gasteiger partial charge in [-0.15, -0.1) is 0 Å². The number of rotatable bonds is 5. The Kier molecular flexibility index (Phi) is 9.84. The van der Waals surface area contributed by atoms with Gasteiger partial charge in [0.25, 0.3) is 10.1 Å². The van der Waals surface area contributed by atoms with E-state index in [9.17, 15) is 22.6 Å². The molecule has 0 saturated heterocycles. The van der Waals surface area contributed by atoms with Crippen LogP contribution in [0.2, 0.25) is 0 Å². The van der Waals surface area contributed by atoms with E-state index in [0.29, 0.717) is 0 Å². The summed E-state index contributed by atoms with van der Waals surface area (Å²) in [5.74, 6) is -1.65. The van der Waals surface area contributed by atoms with E-state index in [2.05, 4.69) is 0 Å². The molecule has 7 nitrogen and oxygen atoms in total. The van der Waals surface area contributed by atoms with E-state index in [1.165, 1.54) is 6.07 Å². The minimum absolute atomic E-state index is 0. The van der Waals surface area contributed by atoms with Gasteiger partial charge in [0.15, 0.2) is 0 Å². The Morgan fingerprint density at radius 3 is 1.78 bits per heavy atom. The van der Waals surface area contributed by atoms with Crippen LogP contribution in [0.4, 0.5) is 0 Å². The molecule has 0 aliphatic heterocycles. The van der Waals surface area contributed by atoms with E-state index >= 15 is 0 Å². The van der Waals surface area contributed by atoms with Crippen LogP contribution in [0.15, 0.2) is 23.1 Å². The zero-order valence-corrected chi connectivity index (χ0v) is 16.8. The molecule has 1 rings (SSSR count). The van der Waals surface area contributed by atoms with Crippen LogP contribution >= 0.6 is 0 Å². The summed E-state index contributed by atoms with van der Waals surface area (Å²) in [6.45, 7) is 11.3. The first-order chi connectivity index (χ1) is 11.6. The van der Waals surface area contributed by atoms with Crippen molar-refractivity contribution in [3.63, 3.8) is 0 Å². The predicted octanol–water partition coefficient (Wildman–Crippen LogP) is 2.69. The average molecular weight is 427 g/mol. The van der Waals surface area contributed by atoms with Crippen molar-refractivity contribution in [3.8, 4) is 0 Å². The average Bonchev–Trinajstić information content (AvgIpc) is 2.47. The van der Waals surface area contributed by atoms with Gasteiger partial charge in [0.1, 0.15) is 4.90 Å². The molecule has 148 valence electrons. The summed E-state index contributed by atoms with van der Waals surface area (Å²) in [5.41, 5.74) is -1.01. The Morgan fingerprint density at radius 2 is 1.37 bits per heavy atom. The number of hydrogen-bond acceptors (Lipinski definition) is 6. The van der Waals surface area contributed by atoms with Crippen LogP contribution in [-0.2, 0) is 19.6 Å². The molecule has 0 heterocycles. The summed E-state index contributed by atoms with van der Waals surface area (Å²) < 4.78 is 42.9. The first-order valence-electron chi connectivity index (χ1n) is 8.06. The molecular formula is C18H27KO7S. The molecule has 9 heteroatoms. The summed E-state index contributed by atoms with van der Waals surface area (Å²) in [6.07, 6.45) is 0. The fraction of sp³-hybridized carbons (Fsp3) is 0.556. The summed E-state index contributed by atoms with van der Waals surface area (Å²) in [6, 6.07) is 3.29. The van der Waals surface area contributed by atoms with Gasteiger partial charge >= 0.3 is 63.3 Å². The molecule has 0 spiro atoms. The third kappa shape index (κ3) is 9.64. The molecule has 0 radical (unpaired) electrons. The molecule has 1 aromatic rings. The van der Waals surface area contributed by atoms with Gasteiger partial charge in [0.2, 0.25) is 0 Å². The maximum atomic E-state index is 12.2. The topological polar surface area (TPSA) is 107 Å².